The fourth-order valence-electron chi connectivity index (χ4n) is 5.51. The minimum Gasteiger partial charge on any atom is -0.494 e. The summed E-state index contributed by atoms with van der Waals surface area (Å²) in [6.45, 7) is 7.92. The molecular weight excluding hydrogens is 494 g/mol. The van der Waals surface area contributed by atoms with Crippen LogP contribution in [0.15, 0.2) is 66.0 Å². The molecule has 2 atom stereocenters. The van der Waals surface area contributed by atoms with Gasteiger partial charge in [0.05, 0.1) is 18.7 Å². The fourth-order valence-corrected chi connectivity index (χ4v) is 6.41. The number of ether oxygens (including phenoxy) is 1. The van der Waals surface area contributed by atoms with Crippen LogP contribution in [0.3, 0.4) is 0 Å². The number of fused-ring (bicyclic) bond motifs is 1. The Balaban J connectivity index is 1.20. The molecule has 200 valence electrons. The largest absolute Gasteiger partial charge is 0.494 e. The zero-order valence-electron chi connectivity index (χ0n) is 22.3. The SMILES string of the molecule is CCCCOc1ccc(C(=O)N2CCN(C(=O)C(C)N3CCc4sccc4C3c3ccccc3)CC2)cc1. The van der Waals surface area contributed by atoms with Crippen LogP contribution in [-0.2, 0) is 11.2 Å². The zero-order chi connectivity index (χ0) is 26.5. The molecule has 2 aliphatic rings. The lowest BCUT2D eigenvalue weighted by atomic mass is 9.92. The summed E-state index contributed by atoms with van der Waals surface area (Å²) in [4.78, 5) is 34.3. The van der Waals surface area contributed by atoms with Gasteiger partial charge in [0.1, 0.15) is 5.75 Å². The zero-order valence-corrected chi connectivity index (χ0v) is 23.2. The highest BCUT2D eigenvalue weighted by Crippen LogP contribution is 2.39. The van der Waals surface area contributed by atoms with Gasteiger partial charge in [-0.3, -0.25) is 14.5 Å². The summed E-state index contributed by atoms with van der Waals surface area (Å²) >= 11 is 1.81. The molecule has 2 unspecified atom stereocenters. The average Bonchev–Trinajstić information content (AvgIpc) is 3.46. The predicted molar refractivity (Wildman–Crippen MR) is 152 cm³/mol. The van der Waals surface area contributed by atoms with E-state index in [1.807, 2.05) is 58.4 Å². The summed E-state index contributed by atoms with van der Waals surface area (Å²) in [6.07, 6.45) is 3.08. The van der Waals surface area contributed by atoms with E-state index in [1.54, 1.807) is 0 Å². The molecule has 0 bridgehead atoms. The molecule has 1 fully saturated rings. The number of unbranched alkanes of at least 4 members (excludes halogenated alkanes) is 1. The van der Waals surface area contributed by atoms with E-state index >= 15 is 0 Å². The molecule has 0 aliphatic carbocycles. The number of carbonyl (C=O) groups excluding carboxylic acids is 2. The van der Waals surface area contributed by atoms with Gasteiger partial charge in [-0.15, -0.1) is 11.3 Å². The topological polar surface area (TPSA) is 53.1 Å². The summed E-state index contributed by atoms with van der Waals surface area (Å²) in [7, 11) is 0. The van der Waals surface area contributed by atoms with Gasteiger partial charge in [0.25, 0.3) is 5.91 Å². The Kier molecular flexibility index (Phi) is 8.45. The summed E-state index contributed by atoms with van der Waals surface area (Å²) in [5.41, 5.74) is 3.21. The molecule has 5 rings (SSSR count). The minimum atomic E-state index is -0.240. The molecule has 3 heterocycles. The number of thiophene rings is 1. The summed E-state index contributed by atoms with van der Waals surface area (Å²) in [5, 5.41) is 2.17. The van der Waals surface area contributed by atoms with Crippen LogP contribution in [0.5, 0.6) is 5.75 Å². The van der Waals surface area contributed by atoms with Gasteiger partial charge < -0.3 is 14.5 Å². The summed E-state index contributed by atoms with van der Waals surface area (Å²) in [6, 6.07) is 20.0. The first kappa shape index (κ1) is 26.4. The van der Waals surface area contributed by atoms with Crippen molar-refractivity contribution in [2.45, 2.75) is 45.2 Å². The van der Waals surface area contributed by atoms with Crippen molar-refractivity contribution in [1.29, 1.82) is 0 Å². The molecule has 2 aliphatic heterocycles. The average molecular weight is 532 g/mol. The second-order valence-corrected chi connectivity index (χ2v) is 11.1. The monoisotopic (exact) mass is 531 g/mol. The van der Waals surface area contributed by atoms with E-state index in [0.29, 0.717) is 38.3 Å². The molecule has 7 heteroatoms. The van der Waals surface area contributed by atoms with Gasteiger partial charge in [0.15, 0.2) is 0 Å². The van der Waals surface area contributed by atoms with Crippen LogP contribution in [0, 0.1) is 0 Å². The number of benzene rings is 2. The molecule has 1 aromatic heterocycles. The van der Waals surface area contributed by atoms with Crippen molar-refractivity contribution >= 4 is 23.2 Å². The first-order valence-corrected chi connectivity index (χ1v) is 14.6. The Labute approximate surface area is 229 Å². The quantitative estimate of drug-likeness (QED) is 0.373. The Morgan fingerprint density at radius 3 is 2.37 bits per heavy atom. The normalized spacial score (nSPS) is 18.6. The van der Waals surface area contributed by atoms with Gasteiger partial charge in [-0.05, 0) is 66.6 Å². The highest BCUT2D eigenvalue weighted by Gasteiger charge is 2.37. The molecule has 0 spiro atoms. The van der Waals surface area contributed by atoms with Crippen molar-refractivity contribution in [2.75, 3.05) is 39.3 Å². The second kappa shape index (κ2) is 12.1. The number of amides is 2. The number of nitrogens with zero attached hydrogens (tertiary/aromatic N) is 3. The predicted octanol–water partition coefficient (Wildman–Crippen LogP) is 5.25. The van der Waals surface area contributed by atoms with Crippen LogP contribution in [0.4, 0.5) is 0 Å². The van der Waals surface area contributed by atoms with E-state index in [0.717, 1.165) is 31.6 Å². The fraction of sp³-hybridized carbons (Fsp3) is 0.419. The van der Waals surface area contributed by atoms with Crippen LogP contribution in [0.25, 0.3) is 0 Å². The maximum absolute atomic E-state index is 13.7. The maximum Gasteiger partial charge on any atom is 0.253 e. The Hall–Kier alpha value is -3.16. The van der Waals surface area contributed by atoms with Crippen molar-refractivity contribution in [2.24, 2.45) is 0 Å². The molecule has 38 heavy (non-hydrogen) atoms. The number of hydrogen-bond donors (Lipinski definition) is 0. The lowest BCUT2D eigenvalue weighted by Gasteiger charge is -2.42. The highest BCUT2D eigenvalue weighted by molar-refractivity contribution is 7.10. The molecule has 0 N–H and O–H groups in total. The van der Waals surface area contributed by atoms with Gasteiger partial charge in [-0.1, -0.05) is 43.7 Å². The summed E-state index contributed by atoms with van der Waals surface area (Å²) < 4.78 is 5.72. The maximum atomic E-state index is 13.7. The molecule has 2 aromatic carbocycles. The third-order valence-corrected chi connectivity index (χ3v) is 8.72. The first-order valence-electron chi connectivity index (χ1n) is 13.7. The van der Waals surface area contributed by atoms with Gasteiger partial charge in [-0.25, -0.2) is 0 Å². The molecular formula is C31H37N3O3S. The van der Waals surface area contributed by atoms with Gasteiger partial charge in [0.2, 0.25) is 5.91 Å². The Morgan fingerprint density at radius 2 is 1.66 bits per heavy atom. The Morgan fingerprint density at radius 1 is 0.947 bits per heavy atom. The van der Waals surface area contributed by atoms with Crippen molar-refractivity contribution in [3.63, 3.8) is 0 Å². The summed E-state index contributed by atoms with van der Waals surface area (Å²) in [5.74, 6) is 0.946. The van der Waals surface area contributed by atoms with Crippen molar-refractivity contribution < 1.29 is 14.3 Å². The number of rotatable bonds is 8. The van der Waals surface area contributed by atoms with Gasteiger partial charge in [0, 0.05) is 43.2 Å². The second-order valence-electron chi connectivity index (χ2n) is 10.1. The number of piperazine rings is 1. The molecule has 2 amide bonds. The highest BCUT2D eigenvalue weighted by atomic mass is 32.1. The van der Waals surface area contributed by atoms with Crippen LogP contribution in [-0.4, -0.2) is 71.9 Å². The molecule has 3 aromatic rings. The third-order valence-electron chi connectivity index (χ3n) is 7.72. The van der Waals surface area contributed by atoms with Crippen LogP contribution < -0.4 is 4.74 Å². The van der Waals surface area contributed by atoms with Gasteiger partial charge in [-0.2, -0.15) is 0 Å². The van der Waals surface area contributed by atoms with E-state index in [1.165, 1.54) is 16.0 Å². The molecule has 0 radical (unpaired) electrons. The lowest BCUT2D eigenvalue weighted by molar-refractivity contribution is -0.138. The van der Waals surface area contributed by atoms with Crippen LogP contribution in [0.1, 0.15) is 59.1 Å². The smallest absolute Gasteiger partial charge is 0.253 e. The van der Waals surface area contributed by atoms with E-state index in [2.05, 4.69) is 47.5 Å². The molecule has 1 saturated heterocycles. The van der Waals surface area contributed by atoms with Crippen molar-refractivity contribution in [3.05, 3.63) is 87.6 Å². The minimum absolute atomic E-state index is 0.00964. The van der Waals surface area contributed by atoms with Crippen LogP contribution in [0.2, 0.25) is 0 Å². The Bertz CT molecular complexity index is 1220. The molecule has 6 nitrogen and oxygen atoms in total. The standard InChI is InChI=1S/C31H37N3O3S/c1-3-4-21-37-26-12-10-25(11-13-26)31(36)33-19-17-32(18-20-33)30(35)23(2)34-16-14-28-27(15-22-38-28)29(34)24-8-6-5-7-9-24/h5-13,15,22-23,29H,3-4,14,16-21H2,1-2H3. The van der Waals surface area contributed by atoms with E-state index < -0.39 is 0 Å². The third kappa shape index (κ3) is 5.64. The van der Waals surface area contributed by atoms with E-state index in [9.17, 15) is 9.59 Å². The van der Waals surface area contributed by atoms with Crippen LogP contribution >= 0.6 is 11.3 Å². The van der Waals surface area contributed by atoms with Gasteiger partial charge >= 0.3 is 0 Å². The first-order chi connectivity index (χ1) is 18.6. The molecule has 0 saturated carbocycles. The number of hydrogen-bond acceptors (Lipinski definition) is 5. The number of carbonyl (C=O) groups is 2. The van der Waals surface area contributed by atoms with Crippen molar-refractivity contribution in [3.8, 4) is 5.75 Å². The van der Waals surface area contributed by atoms with E-state index in [4.69, 9.17) is 4.74 Å². The van der Waals surface area contributed by atoms with Crippen molar-refractivity contribution in [1.82, 2.24) is 14.7 Å². The van der Waals surface area contributed by atoms with E-state index in [-0.39, 0.29) is 23.9 Å². The lowest BCUT2D eigenvalue weighted by Crippen LogP contribution is -2.56.